The maximum atomic E-state index is 12.4. The van der Waals surface area contributed by atoms with E-state index in [4.69, 9.17) is 9.47 Å². The zero-order valence-electron chi connectivity index (χ0n) is 15.8. The van der Waals surface area contributed by atoms with Gasteiger partial charge in [-0.3, -0.25) is 9.59 Å². The lowest BCUT2D eigenvalue weighted by Crippen LogP contribution is -2.46. The highest BCUT2D eigenvalue weighted by Gasteiger charge is 2.47. The molecule has 134 valence electrons. The lowest BCUT2D eigenvalue weighted by molar-refractivity contribution is -0.165. The van der Waals surface area contributed by atoms with Crippen LogP contribution in [0.15, 0.2) is 10.2 Å². The van der Waals surface area contributed by atoms with Crippen LogP contribution in [-0.4, -0.2) is 36.2 Å². The van der Waals surface area contributed by atoms with Crippen molar-refractivity contribution < 1.29 is 19.1 Å². The minimum atomic E-state index is -1.11. The largest absolute Gasteiger partial charge is 0.465 e. The lowest BCUT2D eigenvalue weighted by atomic mass is 9.79. The number of carbonyl (C=O) groups excluding carboxylic acids is 2. The zero-order valence-corrected chi connectivity index (χ0v) is 15.8. The Bertz CT molecular complexity index is 409. The van der Waals surface area contributed by atoms with E-state index in [0.717, 1.165) is 0 Å². The van der Waals surface area contributed by atoms with Crippen LogP contribution in [0.4, 0.5) is 0 Å². The smallest absolute Gasteiger partial charge is 0.322 e. The predicted octanol–water partition coefficient (Wildman–Crippen LogP) is 3.78. The SMILES string of the molecule is CCOC(=O)C(C(=O)OCC)C(C)(CC(C)C)N=NC(C)(C)C. The van der Waals surface area contributed by atoms with Gasteiger partial charge in [0.05, 0.1) is 18.8 Å². The second kappa shape index (κ2) is 8.99. The molecule has 0 aromatic heterocycles. The summed E-state index contributed by atoms with van der Waals surface area (Å²) in [5.41, 5.74) is -1.40. The molecule has 0 aliphatic carbocycles. The normalized spacial score (nSPS) is 15.0. The summed E-state index contributed by atoms with van der Waals surface area (Å²) >= 11 is 0. The van der Waals surface area contributed by atoms with E-state index in [0.29, 0.717) is 6.42 Å². The first-order valence-corrected chi connectivity index (χ1v) is 8.24. The van der Waals surface area contributed by atoms with Gasteiger partial charge in [-0.25, -0.2) is 0 Å². The third-order valence-electron chi connectivity index (χ3n) is 3.07. The van der Waals surface area contributed by atoms with Gasteiger partial charge in [0.15, 0.2) is 5.92 Å². The van der Waals surface area contributed by atoms with Gasteiger partial charge in [0.2, 0.25) is 0 Å². The van der Waals surface area contributed by atoms with Crippen LogP contribution >= 0.6 is 0 Å². The Hall–Kier alpha value is -1.46. The maximum Gasteiger partial charge on any atom is 0.322 e. The van der Waals surface area contributed by atoms with Crippen LogP contribution in [0.1, 0.15) is 61.8 Å². The molecule has 6 nitrogen and oxygen atoms in total. The number of rotatable bonds is 8. The van der Waals surface area contributed by atoms with E-state index in [9.17, 15) is 9.59 Å². The van der Waals surface area contributed by atoms with Gasteiger partial charge in [-0.1, -0.05) is 13.8 Å². The molecule has 0 amide bonds. The molecule has 0 N–H and O–H groups in total. The highest BCUT2D eigenvalue weighted by molar-refractivity contribution is 5.96. The quantitative estimate of drug-likeness (QED) is 0.386. The summed E-state index contributed by atoms with van der Waals surface area (Å²) in [5, 5.41) is 8.69. The third-order valence-corrected chi connectivity index (χ3v) is 3.07. The van der Waals surface area contributed by atoms with Crippen molar-refractivity contribution in [3.8, 4) is 0 Å². The summed E-state index contributed by atoms with van der Waals surface area (Å²) in [4.78, 5) is 24.8. The number of nitrogens with zero attached hydrogens (tertiary/aromatic N) is 2. The summed E-state index contributed by atoms with van der Waals surface area (Å²) in [5.74, 6) is -2.11. The molecule has 0 rings (SSSR count). The third kappa shape index (κ3) is 7.57. The summed E-state index contributed by atoms with van der Waals surface area (Å²) in [6, 6.07) is 0. The lowest BCUT2D eigenvalue weighted by Gasteiger charge is -2.32. The Balaban J connectivity index is 5.83. The molecule has 0 saturated carbocycles. The molecule has 1 unspecified atom stereocenters. The Morgan fingerprint density at radius 2 is 1.35 bits per heavy atom. The molecule has 0 aliphatic rings. The average Bonchev–Trinajstić information content (AvgIpc) is 2.35. The summed E-state index contributed by atoms with van der Waals surface area (Å²) in [7, 11) is 0. The molecule has 0 radical (unpaired) electrons. The minimum absolute atomic E-state index is 0.197. The Labute approximate surface area is 140 Å². The fraction of sp³-hybridized carbons (Fsp3) is 0.882. The Morgan fingerprint density at radius 1 is 0.913 bits per heavy atom. The molecular weight excluding hydrogens is 296 g/mol. The van der Waals surface area contributed by atoms with Crippen LogP contribution in [0.5, 0.6) is 0 Å². The maximum absolute atomic E-state index is 12.4. The first-order valence-electron chi connectivity index (χ1n) is 8.24. The Kier molecular flexibility index (Phi) is 8.42. The molecular formula is C17H32N2O4. The minimum Gasteiger partial charge on any atom is -0.465 e. The molecule has 0 bridgehead atoms. The van der Waals surface area contributed by atoms with Crippen LogP contribution in [0.3, 0.4) is 0 Å². The van der Waals surface area contributed by atoms with Gasteiger partial charge in [-0.15, -0.1) is 0 Å². The number of hydrogen-bond acceptors (Lipinski definition) is 6. The van der Waals surface area contributed by atoms with Gasteiger partial charge >= 0.3 is 11.9 Å². The zero-order chi connectivity index (χ0) is 18.3. The van der Waals surface area contributed by atoms with E-state index in [2.05, 4.69) is 10.2 Å². The molecule has 0 spiro atoms. The number of carbonyl (C=O) groups is 2. The van der Waals surface area contributed by atoms with E-state index in [1.807, 2.05) is 34.6 Å². The first kappa shape index (κ1) is 21.5. The van der Waals surface area contributed by atoms with Gasteiger partial charge in [0.1, 0.15) is 5.54 Å². The van der Waals surface area contributed by atoms with Crippen LogP contribution in [0.2, 0.25) is 0 Å². The fourth-order valence-corrected chi connectivity index (χ4v) is 2.36. The van der Waals surface area contributed by atoms with E-state index in [1.54, 1.807) is 20.8 Å². The molecule has 0 aliphatic heterocycles. The van der Waals surface area contributed by atoms with Gasteiger partial charge in [0.25, 0.3) is 0 Å². The standard InChI is InChI=1S/C17H32N2O4/c1-9-22-14(20)13(15(21)23-10-2)17(8,11-12(3)4)19-18-16(5,6)7/h12-13H,9-11H2,1-8H3. The van der Waals surface area contributed by atoms with Gasteiger partial charge < -0.3 is 9.47 Å². The highest BCUT2D eigenvalue weighted by Crippen LogP contribution is 2.33. The molecule has 1 atom stereocenters. The first-order chi connectivity index (χ1) is 10.5. The molecule has 23 heavy (non-hydrogen) atoms. The summed E-state index contributed by atoms with van der Waals surface area (Å²) in [6.45, 7) is 15.3. The Morgan fingerprint density at radius 3 is 1.65 bits per heavy atom. The topological polar surface area (TPSA) is 77.3 Å². The van der Waals surface area contributed by atoms with Gasteiger partial charge in [0, 0.05) is 0 Å². The van der Waals surface area contributed by atoms with Gasteiger partial charge in [-0.2, -0.15) is 10.2 Å². The molecule has 6 heteroatoms. The number of azo groups is 1. The molecule has 0 aromatic carbocycles. The number of ether oxygens (including phenoxy) is 2. The average molecular weight is 328 g/mol. The van der Waals surface area contributed by atoms with Crippen molar-refractivity contribution in [1.82, 2.24) is 0 Å². The van der Waals surface area contributed by atoms with Crippen LogP contribution in [0.25, 0.3) is 0 Å². The van der Waals surface area contributed by atoms with Gasteiger partial charge in [-0.05, 0) is 53.9 Å². The molecule has 0 aromatic rings. The predicted molar refractivity (Wildman–Crippen MR) is 89.2 cm³/mol. The van der Waals surface area contributed by atoms with Crippen molar-refractivity contribution in [2.45, 2.75) is 72.9 Å². The van der Waals surface area contributed by atoms with Crippen molar-refractivity contribution in [2.24, 2.45) is 22.1 Å². The number of esters is 2. The van der Waals surface area contributed by atoms with Crippen LogP contribution < -0.4 is 0 Å². The van der Waals surface area contributed by atoms with Crippen molar-refractivity contribution in [2.75, 3.05) is 13.2 Å². The fourth-order valence-electron chi connectivity index (χ4n) is 2.36. The van der Waals surface area contributed by atoms with Crippen molar-refractivity contribution in [1.29, 1.82) is 0 Å². The van der Waals surface area contributed by atoms with Crippen LogP contribution in [0, 0.1) is 11.8 Å². The highest BCUT2D eigenvalue weighted by atomic mass is 16.6. The molecule has 0 fully saturated rings. The monoisotopic (exact) mass is 328 g/mol. The number of hydrogen-bond donors (Lipinski definition) is 0. The second-order valence-electron chi connectivity index (χ2n) is 7.26. The van der Waals surface area contributed by atoms with E-state index < -0.39 is 28.9 Å². The summed E-state index contributed by atoms with van der Waals surface area (Å²) in [6.07, 6.45) is 0.523. The summed E-state index contributed by atoms with van der Waals surface area (Å²) < 4.78 is 10.2. The molecule has 0 heterocycles. The van der Waals surface area contributed by atoms with E-state index in [1.165, 1.54) is 0 Å². The van der Waals surface area contributed by atoms with E-state index in [-0.39, 0.29) is 19.1 Å². The second-order valence-corrected chi connectivity index (χ2v) is 7.26. The molecule has 0 saturated heterocycles. The van der Waals surface area contributed by atoms with Crippen molar-refractivity contribution in [3.63, 3.8) is 0 Å². The van der Waals surface area contributed by atoms with Crippen molar-refractivity contribution in [3.05, 3.63) is 0 Å². The van der Waals surface area contributed by atoms with Crippen LogP contribution in [-0.2, 0) is 19.1 Å². The van der Waals surface area contributed by atoms with E-state index >= 15 is 0 Å². The van der Waals surface area contributed by atoms with Crippen molar-refractivity contribution >= 4 is 11.9 Å².